The molecule has 4 aliphatic rings. The van der Waals surface area contributed by atoms with Crippen molar-refractivity contribution in [3.05, 3.63) is 71.2 Å². The van der Waals surface area contributed by atoms with Crippen molar-refractivity contribution in [2.24, 2.45) is 10.4 Å². The van der Waals surface area contributed by atoms with E-state index in [1.807, 2.05) is 34.3 Å². The van der Waals surface area contributed by atoms with E-state index in [4.69, 9.17) is 0 Å². The van der Waals surface area contributed by atoms with Gasteiger partial charge in [0, 0.05) is 56.0 Å². The lowest BCUT2D eigenvalue weighted by Crippen LogP contribution is -2.42. The number of benzene rings is 1. The number of hydrogen-bond donors (Lipinski definition) is 1. The first-order valence-corrected chi connectivity index (χ1v) is 12.8. The molecule has 186 valence electrons. The quantitative estimate of drug-likeness (QED) is 0.713. The Labute approximate surface area is 210 Å². The van der Waals surface area contributed by atoms with Gasteiger partial charge in [-0.2, -0.15) is 0 Å². The van der Waals surface area contributed by atoms with Crippen molar-refractivity contribution >= 4 is 23.9 Å². The second kappa shape index (κ2) is 9.08. The Morgan fingerprint density at radius 2 is 1.81 bits per heavy atom. The summed E-state index contributed by atoms with van der Waals surface area (Å²) in [5.41, 5.74) is 4.81. The number of likely N-dealkylation sites (tertiary alicyclic amines) is 1. The average molecular weight is 486 g/mol. The van der Waals surface area contributed by atoms with Gasteiger partial charge in [0.15, 0.2) is 0 Å². The topological polar surface area (TPSA) is 89.3 Å². The number of carboxylic acids is 1. The van der Waals surface area contributed by atoms with Crippen LogP contribution in [0.15, 0.2) is 59.5 Å². The molecule has 1 aromatic carbocycles. The Balaban J connectivity index is 1.13. The van der Waals surface area contributed by atoms with Crippen LogP contribution in [-0.2, 0) is 11.2 Å². The molecule has 0 bridgehead atoms. The van der Waals surface area contributed by atoms with Crippen molar-refractivity contribution in [2.45, 2.75) is 38.1 Å². The zero-order chi connectivity index (χ0) is 24.7. The summed E-state index contributed by atoms with van der Waals surface area (Å²) in [4.78, 5) is 39.7. The Morgan fingerprint density at radius 1 is 1.03 bits per heavy atom. The van der Waals surface area contributed by atoms with Gasteiger partial charge in [-0.15, -0.1) is 0 Å². The fraction of sp³-hybridized carbons (Fsp3) is 0.429. The number of carbonyl (C=O) groups excluding carboxylic acids is 1. The fourth-order valence-electron chi connectivity index (χ4n) is 6.35. The predicted molar refractivity (Wildman–Crippen MR) is 137 cm³/mol. The van der Waals surface area contributed by atoms with E-state index in [0.717, 1.165) is 69.4 Å². The van der Waals surface area contributed by atoms with Crippen LogP contribution >= 0.6 is 0 Å². The van der Waals surface area contributed by atoms with Gasteiger partial charge in [-0.1, -0.05) is 6.07 Å². The van der Waals surface area contributed by atoms with Gasteiger partial charge in [0.25, 0.3) is 5.91 Å². The lowest BCUT2D eigenvalue weighted by Gasteiger charge is -2.40. The second-order valence-corrected chi connectivity index (χ2v) is 10.5. The Morgan fingerprint density at radius 3 is 2.58 bits per heavy atom. The zero-order valence-electron chi connectivity index (χ0n) is 20.3. The largest absolute Gasteiger partial charge is 0.478 e. The minimum absolute atomic E-state index is 0.0435. The van der Waals surface area contributed by atoms with Crippen LogP contribution in [0.25, 0.3) is 0 Å². The van der Waals surface area contributed by atoms with Crippen molar-refractivity contribution in [3.63, 3.8) is 0 Å². The van der Waals surface area contributed by atoms with Gasteiger partial charge < -0.3 is 19.8 Å². The van der Waals surface area contributed by atoms with Gasteiger partial charge in [0.05, 0.1) is 24.5 Å². The number of carbonyl (C=O) groups is 2. The highest BCUT2D eigenvalue weighted by Gasteiger charge is 2.42. The van der Waals surface area contributed by atoms with Crippen molar-refractivity contribution < 1.29 is 14.7 Å². The van der Waals surface area contributed by atoms with Crippen LogP contribution in [0.4, 0.5) is 5.69 Å². The number of anilines is 1. The van der Waals surface area contributed by atoms with Crippen LogP contribution in [0.3, 0.4) is 0 Å². The summed E-state index contributed by atoms with van der Waals surface area (Å²) < 4.78 is 0. The summed E-state index contributed by atoms with van der Waals surface area (Å²) in [5, 5.41) is 9.39. The molecule has 2 aromatic rings. The van der Waals surface area contributed by atoms with Gasteiger partial charge >= 0.3 is 5.97 Å². The van der Waals surface area contributed by atoms with Crippen LogP contribution in [0.5, 0.6) is 0 Å². The smallest absolute Gasteiger partial charge is 0.334 e. The van der Waals surface area contributed by atoms with Crippen LogP contribution in [0.2, 0.25) is 0 Å². The molecule has 2 fully saturated rings. The number of aliphatic carboxylic acids is 1. The molecule has 8 heteroatoms. The fourth-order valence-corrected chi connectivity index (χ4v) is 6.35. The molecule has 1 amide bonds. The lowest BCUT2D eigenvalue weighted by atomic mass is 9.77. The molecule has 0 unspecified atom stereocenters. The Kier molecular flexibility index (Phi) is 5.74. The molecule has 1 aliphatic carbocycles. The first-order chi connectivity index (χ1) is 17.5. The first kappa shape index (κ1) is 22.8. The Hall–Kier alpha value is -3.68. The minimum atomic E-state index is -0.937. The monoisotopic (exact) mass is 485 g/mol. The van der Waals surface area contributed by atoms with Crippen molar-refractivity contribution in [2.75, 3.05) is 37.6 Å². The SMILES string of the molecule is O=C(O)C1=CN=CN([C@@H]2CCc3ccc(C(=O)N4CCC5(CCN(c6ccncc6)CC5)C4)cc32)C1. The maximum atomic E-state index is 13.6. The highest BCUT2D eigenvalue weighted by molar-refractivity contribution is 5.95. The molecular formula is C28H31N5O3. The highest BCUT2D eigenvalue weighted by Crippen LogP contribution is 2.42. The third-order valence-corrected chi connectivity index (χ3v) is 8.49. The van der Waals surface area contributed by atoms with E-state index in [-0.39, 0.29) is 22.9 Å². The van der Waals surface area contributed by atoms with E-state index in [9.17, 15) is 14.7 Å². The predicted octanol–water partition coefficient (Wildman–Crippen LogP) is 3.51. The number of nitrogens with zero attached hydrogens (tertiary/aromatic N) is 5. The van der Waals surface area contributed by atoms with E-state index in [2.05, 4.69) is 33.1 Å². The second-order valence-electron chi connectivity index (χ2n) is 10.5. The molecule has 2 saturated heterocycles. The highest BCUT2D eigenvalue weighted by atomic mass is 16.4. The van der Waals surface area contributed by atoms with Crippen LogP contribution in [0.1, 0.15) is 53.2 Å². The third-order valence-electron chi connectivity index (χ3n) is 8.49. The number of piperidine rings is 1. The first-order valence-electron chi connectivity index (χ1n) is 12.8. The number of amides is 1. The molecule has 8 nitrogen and oxygen atoms in total. The Bertz CT molecular complexity index is 1230. The lowest BCUT2D eigenvalue weighted by molar-refractivity contribution is -0.132. The number of aliphatic imine (C=N–C) groups is 1. The van der Waals surface area contributed by atoms with Gasteiger partial charge in [-0.25, -0.2) is 9.79 Å². The van der Waals surface area contributed by atoms with Crippen LogP contribution in [-0.4, -0.2) is 70.8 Å². The van der Waals surface area contributed by atoms with E-state index >= 15 is 0 Å². The molecule has 3 aliphatic heterocycles. The number of pyridine rings is 1. The molecule has 6 rings (SSSR count). The van der Waals surface area contributed by atoms with Crippen molar-refractivity contribution in [3.8, 4) is 0 Å². The van der Waals surface area contributed by atoms with Crippen molar-refractivity contribution in [1.82, 2.24) is 14.8 Å². The maximum Gasteiger partial charge on any atom is 0.334 e. The van der Waals surface area contributed by atoms with Crippen LogP contribution < -0.4 is 4.90 Å². The van der Waals surface area contributed by atoms with Gasteiger partial charge in [-0.05, 0) is 72.9 Å². The molecule has 36 heavy (non-hydrogen) atoms. The summed E-state index contributed by atoms with van der Waals surface area (Å²) in [6, 6.07) is 10.3. The summed E-state index contributed by atoms with van der Waals surface area (Å²) in [6.45, 7) is 3.97. The number of fused-ring (bicyclic) bond motifs is 1. The molecule has 1 aromatic heterocycles. The number of rotatable bonds is 4. The standard InChI is InChI=1S/C28H31N5O3/c34-26(32-14-9-28(18-32)7-12-31(13-8-28)23-5-10-29-11-6-23)21-2-1-20-3-4-25(24(20)15-21)33-17-22(27(35)36)16-30-19-33/h1-2,5-6,10-11,15-16,19,25H,3-4,7-9,12-14,17-18H2,(H,35,36)/t25-/m1/s1. The average Bonchev–Trinajstić information content (AvgIpc) is 3.53. The molecule has 1 N–H and O–H groups in total. The van der Waals surface area contributed by atoms with Crippen LogP contribution in [0, 0.1) is 5.41 Å². The number of aromatic nitrogens is 1. The number of carboxylic acid groups (broad SMARTS) is 1. The molecule has 0 radical (unpaired) electrons. The van der Waals surface area contributed by atoms with Crippen molar-refractivity contribution in [1.29, 1.82) is 0 Å². The van der Waals surface area contributed by atoms with E-state index in [1.165, 1.54) is 17.5 Å². The van der Waals surface area contributed by atoms with E-state index < -0.39 is 5.97 Å². The molecule has 1 spiro atoms. The number of hydrogen-bond acceptors (Lipinski definition) is 6. The summed E-state index contributed by atoms with van der Waals surface area (Å²) in [6.07, 6.45) is 11.9. The zero-order valence-corrected chi connectivity index (χ0v) is 20.3. The minimum Gasteiger partial charge on any atom is -0.478 e. The summed E-state index contributed by atoms with van der Waals surface area (Å²) in [5.74, 6) is -0.830. The van der Waals surface area contributed by atoms with Gasteiger partial charge in [0.2, 0.25) is 0 Å². The maximum absolute atomic E-state index is 13.6. The van der Waals surface area contributed by atoms with Gasteiger partial charge in [0.1, 0.15) is 0 Å². The molecular weight excluding hydrogens is 454 g/mol. The third kappa shape index (κ3) is 4.14. The van der Waals surface area contributed by atoms with E-state index in [0.29, 0.717) is 6.54 Å². The normalized spacial score (nSPS) is 22.6. The summed E-state index contributed by atoms with van der Waals surface area (Å²) >= 11 is 0. The molecule has 4 heterocycles. The molecule has 0 saturated carbocycles. The molecule has 1 atom stereocenters. The van der Waals surface area contributed by atoms with E-state index in [1.54, 1.807) is 6.34 Å². The van der Waals surface area contributed by atoms with Gasteiger partial charge in [-0.3, -0.25) is 9.78 Å². The summed E-state index contributed by atoms with van der Waals surface area (Å²) in [7, 11) is 0. The number of aryl methyl sites for hydroxylation is 1.